The minimum absolute atomic E-state index is 0.383. The van der Waals surface area contributed by atoms with E-state index in [0.717, 1.165) is 12.8 Å². The van der Waals surface area contributed by atoms with Gasteiger partial charge < -0.3 is 5.32 Å². The van der Waals surface area contributed by atoms with E-state index < -0.39 is 0 Å². The fraction of sp³-hybridized carbons (Fsp3) is 0.250. The first-order valence-electron chi connectivity index (χ1n) is 9.34. The van der Waals surface area contributed by atoms with Crippen LogP contribution in [0.3, 0.4) is 0 Å². The normalized spacial score (nSPS) is 25.2. The van der Waals surface area contributed by atoms with E-state index in [1.807, 2.05) is 0 Å². The number of allylic oxidation sites excluding steroid dienone is 9. The molecule has 2 unspecified atom stereocenters. The van der Waals surface area contributed by atoms with E-state index >= 15 is 0 Å². The molecule has 0 saturated carbocycles. The Morgan fingerprint density at radius 3 is 2.40 bits per heavy atom. The largest absolute Gasteiger partial charge is 0.379 e. The summed E-state index contributed by atoms with van der Waals surface area (Å²) < 4.78 is 0. The van der Waals surface area contributed by atoms with Gasteiger partial charge in [0.15, 0.2) is 0 Å². The zero-order valence-electron chi connectivity index (χ0n) is 14.6. The molecule has 3 aliphatic rings. The molecule has 0 heterocycles. The van der Waals surface area contributed by atoms with Crippen molar-refractivity contribution in [3.63, 3.8) is 0 Å². The van der Waals surface area contributed by atoms with Crippen molar-refractivity contribution in [1.82, 2.24) is 5.32 Å². The van der Waals surface area contributed by atoms with Crippen LogP contribution < -0.4 is 5.32 Å². The van der Waals surface area contributed by atoms with Gasteiger partial charge in [-0.05, 0) is 48.5 Å². The highest BCUT2D eigenvalue weighted by molar-refractivity contribution is 5.75. The van der Waals surface area contributed by atoms with Crippen LogP contribution in [0.15, 0.2) is 96.3 Å². The van der Waals surface area contributed by atoms with Crippen molar-refractivity contribution in [3.8, 4) is 0 Å². The van der Waals surface area contributed by atoms with Gasteiger partial charge in [0.1, 0.15) is 0 Å². The Labute approximate surface area is 150 Å². The van der Waals surface area contributed by atoms with Gasteiger partial charge in [0.05, 0.1) is 0 Å². The topological polar surface area (TPSA) is 12.0 Å². The van der Waals surface area contributed by atoms with Crippen LogP contribution >= 0.6 is 0 Å². The molecule has 0 aromatic heterocycles. The van der Waals surface area contributed by atoms with Gasteiger partial charge in [-0.15, -0.1) is 0 Å². The summed E-state index contributed by atoms with van der Waals surface area (Å²) in [4.78, 5) is 0. The van der Waals surface area contributed by atoms with Crippen LogP contribution in [0.4, 0.5) is 0 Å². The van der Waals surface area contributed by atoms with Gasteiger partial charge in [-0.3, -0.25) is 0 Å². The van der Waals surface area contributed by atoms with Crippen LogP contribution in [0.25, 0.3) is 5.57 Å². The molecule has 0 amide bonds. The molecule has 1 heteroatoms. The maximum atomic E-state index is 3.66. The fourth-order valence-corrected chi connectivity index (χ4v) is 3.67. The van der Waals surface area contributed by atoms with Gasteiger partial charge in [0, 0.05) is 17.7 Å². The van der Waals surface area contributed by atoms with Crippen LogP contribution in [0.2, 0.25) is 0 Å². The van der Waals surface area contributed by atoms with Crippen molar-refractivity contribution >= 4 is 5.57 Å². The van der Waals surface area contributed by atoms with Gasteiger partial charge in [0.2, 0.25) is 0 Å². The molecule has 0 radical (unpaired) electrons. The van der Waals surface area contributed by atoms with Crippen molar-refractivity contribution < 1.29 is 0 Å². The van der Waals surface area contributed by atoms with Crippen molar-refractivity contribution in [3.05, 3.63) is 102 Å². The molecule has 1 N–H and O–H groups in total. The lowest BCUT2D eigenvalue weighted by atomic mass is 9.88. The Kier molecular flexibility index (Phi) is 4.83. The summed E-state index contributed by atoms with van der Waals surface area (Å²) in [5.74, 6) is 0.550. The summed E-state index contributed by atoms with van der Waals surface area (Å²) in [5.41, 5.74) is 5.35. The molecule has 3 aliphatic carbocycles. The van der Waals surface area contributed by atoms with Crippen molar-refractivity contribution in [2.45, 2.75) is 31.7 Å². The van der Waals surface area contributed by atoms with E-state index in [1.165, 1.54) is 35.2 Å². The Morgan fingerprint density at radius 1 is 0.800 bits per heavy atom. The van der Waals surface area contributed by atoms with Gasteiger partial charge in [-0.1, -0.05) is 78.9 Å². The van der Waals surface area contributed by atoms with Gasteiger partial charge in [0.25, 0.3) is 0 Å². The second kappa shape index (κ2) is 7.57. The molecule has 0 bridgehead atoms. The third-order valence-electron chi connectivity index (χ3n) is 5.11. The maximum absolute atomic E-state index is 3.66. The van der Waals surface area contributed by atoms with Crippen LogP contribution in [-0.4, -0.2) is 6.04 Å². The monoisotopic (exact) mass is 327 g/mol. The smallest absolute Gasteiger partial charge is 0.0482 e. The van der Waals surface area contributed by atoms with Crippen molar-refractivity contribution in [2.24, 2.45) is 5.92 Å². The predicted molar refractivity (Wildman–Crippen MR) is 107 cm³/mol. The van der Waals surface area contributed by atoms with E-state index in [-0.39, 0.29) is 0 Å². The first-order valence-corrected chi connectivity index (χ1v) is 9.34. The molecule has 25 heavy (non-hydrogen) atoms. The molecule has 2 atom stereocenters. The lowest BCUT2D eigenvalue weighted by molar-refractivity contribution is 0.666. The Balaban J connectivity index is 1.33. The third-order valence-corrected chi connectivity index (χ3v) is 5.11. The van der Waals surface area contributed by atoms with E-state index in [0.29, 0.717) is 12.0 Å². The first-order chi connectivity index (χ1) is 12.4. The molecule has 1 nitrogen and oxygen atoms in total. The molecule has 126 valence electrons. The lowest BCUT2D eigenvalue weighted by Gasteiger charge is -2.23. The Morgan fingerprint density at radius 2 is 1.72 bits per heavy atom. The lowest BCUT2D eigenvalue weighted by Crippen LogP contribution is -2.27. The van der Waals surface area contributed by atoms with Crippen molar-refractivity contribution in [1.29, 1.82) is 0 Å². The summed E-state index contributed by atoms with van der Waals surface area (Å²) in [6.07, 6.45) is 25.3. The minimum atomic E-state index is 0.383. The molecule has 0 spiro atoms. The highest BCUT2D eigenvalue weighted by Crippen LogP contribution is 2.27. The maximum Gasteiger partial charge on any atom is 0.0482 e. The molecule has 0 saturated heterocycles. The summed E-state index contributed by atoms with van der Waals surface area (Å²) in [6.45, 7) is 0. The van der Waals surface area contributed by atoms with Crippen molar-refractivity contribution in [2.75, 3.05) is 0 Å². The summed E-state index contributed by atoms with van der Waals surface area (Å²) in [7, 11) is 0. The highest BCUT2D eigenvalue weighted by Gasteiger charge is 2.15. The van der Waals surface area contributed by atoms with Gasteiger partial charge >= 0.3 is 0 Å². The van der Waals surface area contributed by atoms with Crippen LogP contribution in [0.1, 0.15) is 31.2 Å². The number of nitrogens with one attached hydrogen (secondary N) is 1. The fourth-order valence-electron chi connectivity index (χ4n) is 3.67. The number of benzene rings is 1. The molecular formula is C24H25N. The van der Waals surface area contributed by atoms with E-state index in [1.54, 1.807) is 0 Å². The number of hydrogen-bond acceptors (Lipinski definition) is 1. The summed E-state index contributed by atoms with van der Waals surface area (Å²) in [5, 5.41) is 3.66. The third kappa shape index (κ3) is 3.93. The molecule has 1 aromatic carbocycles. The summed E-state index contributed by atoms with van der Waals surface area (Å²) >= 11 is 0. The van der Waals surface area contributed by atoms with Crippen LogP contribution in [0.5, 0.6) is 0 Å². The number of hydrogen-bond donors (Lipinski definition) is 1. The molecule has 0 aliphatic heterocycles. The second-order valence-electron chi connectivity index (χ2n) is 6.92. The van der Waals surface area contributed by atoms with Crippen LogP contribution in [-0.2, 0) is 0 Å². The van der Waals surface area contributed by atoms with E-state index in [4.69, 9.17) is 0 Å². The predicted octanol–water partition coefficient (Wildman–Crippen LogP) is 5.72. The molecule has 1 aromatic rings. The minimum Gasteiger partial charge on any atom is -0.379 e. The Bertz CT molecular complexity index is 787. The Hall–Kier alpha value is -2.54. The van der Waals surface area contributed by atoms with Gasteiger partial charge in [-0.2, -0.15) is 0 Å². The van der Waals surface area contributed by atoms with E-state index in [9.17, 15) is 0 Å². The van der Waals surface area contributed by atoms with Gasteiger partial charge in [-0.25, -0.2) is 0 Å². The average molecular weight is 327 g/mol. The standard InChI is InChI=1S/C24H25N/c1-3-7-19(8-4-1)21-11-15-23(16-12-21)25-24-17-13-22(14-18-24)20-9-5-2-6-10-20/h1,3-5,7-13,15,17-18,22-23,25H,2,6,14,16H2. The molecular weight excluding hydrogens is 302 g/mol. The zero-order valence-corrected chi connectivity index (χ0v) is 14.6. The average Bonchev–Trinajstić information content (AvgIpc) is 2.71. The highest BCUT2D eigenvalue weighted by atomic mass is 14.9. The first kappa shape index (κ1) is 16.0. The SMILES string of the molecule is C1=CC(C2C=CC(NC3C=CC(c4ccccc4)=CC3)=CC2)=CCC1. The van der Waals surface area contributed by atoms with Crippen LogP contribution in [0, 0.1) is 5.92 Å². The number of rotatable bonds is 4. The molecule has 0 fully saturated rings. The molecule has 4 rings (SSSR count). The second-order valence-corrected chi connectivity index (χ2v) is 6.92. The quantitative estimate of drug-likeness (QED) is 0.745. The summed E-state index contributed by atoms with van der Waals surface area (Å²) in [6, 6.07) is 11.0. The van der Waals surface area contributed by atoms with E-state index in [2.05, 4.69) is 90.3 Å². The zero-order chi connectivity index (χ0) is 16.9.